The van der Waals surface area contributed by atoms with E-state index in [0.29, 0.717) is 12.0 Å². The van der Waals surface area contributed by atoms with Crippen molar-refractivity contribution in [2.24, 2.45) is 17.8 Å². The first-order valence-electron chi connectivity index (χ1n) is 7.03. The molecule has 1 saturated carbocycles. The Balaban J connectivity index is 2.11. The third kappa shape index (κ3) is 5.22. The fourth-order valence-electron chi connectivity index (χ4n) is 2.31. The molecular formula is C15H29NO. The molecule has 1 rings (SSSR count). The van der Waals surface area contributed by atoms with Crippen molar-refractivity contribution in [1.29, 1.82) is 0 Å². The van der Waals surface area contributed by atoms with E-state index < -0.39 is 6.23 Å². The second-order valence-electron chi connectivity index (χ2n) is 6.06. The summed E-state index contributed by atoms with van der Waals surface area (Å²) in [6.45, 7) is 12.9. The van der Waals surface area contributed by atoms with Crippen LogP contribution in [0.3, 0.4) is 0 Å². The molecule has 0 bridgehead atoms. The summed E-state index contributed by atoms with van der Waals surface area (Å²) in [5.41, 5.74) is 1.37. The van der Waals surface area contributed by atoms with Crippen LogP contribution < -0.4 is 5.32 Å². The molecule has 0 aliphatic heterocycles. The zero-order valence-electron chi connectivity index (χ0n) is 11.9. The van der Waals surface area contributed by atoms with Gasteiger partial charge in [-0.25, -0.2) is 0 Å². The van der Waals surface area contributed by atoms with Crippen LogP contribution in [0.4, 0.5) is 0 Å². The maximum Gasteiger partial charge on any atom is 0.102 e. The van der Waals surface area contributed by atoms with E-state index >= 15 is 0 Å². The molecule has 2 N–H and O–H groups in total. The highest BCUT2D eigenvalue weighted by atomic mass is 16.3. The molecule has 0 saturated heterocycles. The van der Waals surface area contributed by atoms with Gasteiger partial charge in [0.1, 0.15) is 6.23 Å². The number of hydrogen-bond acceptors (Lipinski definition) is 2. The molecule has 100 valence electrons. The quantitative estimate of drug-likeness (QED) is 0.503. The molecule has 0 aromatic heterocycles. The van der Waals surface area contributed by atoms with Crippen LogP contribution in [0.2, 0.25) is 0 Å². The van der Waals surface area contributed by atoms with E-state index in [1.165, 1.54) is 18.4 Å². The molecule has 1 aliphatic carbocycles. The van der Waals surface area contributed by atoms with E-state index in [0.717, 1.165) is 24.7 Å². The van der Waals surface area contributed by atoms with Gasteiger partial charge in [-0.1, -0.05) is 39.3 Å². The van der Waals surface area contributed by atoms with Crippen molar-refractivity contribution in [3.63, 3.8) is 0 Å². The average Bonchev–Trinajstić information content (AvgIpc) is 2.95. The first-order chi connectivity index (χ1) is 7.91. The molecule has 0 aromatic rings. The Morgan fingerprint density at radius 3 is 2.53 bits per heavy atom. The maximum absolute atomic E-state index is 9.23. The van der Waals surface area contributed by atoms with Crippen molar-refractivity contribution in [2.45, 2.75) is 65.6 Å². The van der Waals surface area contributed by atoms with Gasteiger partial charge in [-0.3, -0.25) is 5.32 Å². The number of aliphatic hydroxyl groups is 1. The minimum atomic E-state index is -0.390. The van der Waals surface area contributed by atoms with Crippen molar-refractivity contribution in [3.05, 3.63) is 12.2 Å². The molecule has 1 fully saturated rings. The molecular weight excluding hydrogens is 210 g/mol. The topological polar surface area (TPSA) is 32.3 Å². The number of rotatable bonds is 8. The second-order valence-corrected chi connectivity index (χ2v) is 6.06. The lowest BCUT2D eigenvalue weighted by molar-refractivity contribution is 0.153. The summed E-state index contributed by atoms with van der Waals surface area (Å²) in [5, 5.41) is 12.4. The van der Waals surface area contributed by atoms with Gasteiger partial charge in [-0.05, 0) is 43.9 Å². The Hall–Kier alpha value is -0.340. The smallest absolute Gasteiger partial charge is 0.102 e. The summed E-state index contributed by atoms with van der Waals surface area (Å²) in [6, 6.07) is 0.477. The van der Waals surface area contributed by atoms with E-state index in [1.54, 1.807) is 6.92 Å². The summed E-state index contributed by atoms with van der Waals surface area (Å²) in [7, 11) is 0. The van der Waals surface area contributed by atoms with Gasteiger partial charge in [-0.15, -0.1) is 0 Å². The van der Waals surface area contributed by atoms with Gasteiger partial charge in [-0.2, -0.15) is 0 Å². The molecule has 4 atom stereocenters. The fraction of sp³-hybridized carbons (Fsp3) is 0.867. The van der Waals surface area contributed by atoms with Gasteiger partial charge in [0.05, 0.1) is 0 Å². The first kappa shape index (κ1) is 14.7. The minimum absolute atomic E-state index is 0.390. The molecule has 0 radical (unpaired) electrons. The highest BCUT2D eigenvalue weighted by molar-refractivity contribution is 5.15. The Morgan fingerprint density at radius 2 is 2.00 bits per heavy atom. The summed E-state index contributed by atoms with van der Waals surface area (Å²) >= 11 is 0. The first-order valence-corrected chi connectivity index (χ1v) is 7.03. The monoisotopic (exact) mass is 239 g/mol. The van der Waals surface area contributed by atoms with Crippen LogP contribution in [0.25, 0.3) is 0 Å². The van der Waals surface area contributed by atoms with Gasteiger partial charge in [0.25, 0.3) is 0 Å². The average molecular weight is 239 g/mol. The Bertz CT molecular complexity index is 247. The van der Waals surface area contributed by atoms with E-state index in [4.69, 9.17) is 0 Å². The van der Waals surface area contributed by atoms with E-state index in [-0.39, 0.29) is 0 Å². The van der Waals surface area contributed by atoms with Crippen molar-refractivity contribution in [3.8, 4) is 0 Å². The standard InChI is InChI=1S/C15H29NO/c1-10(2)11(3)7-6-8-12(4)14-9-15(14)16-13(5)17/h10-11,13-17H,4,6-9H2,1-3,5H3. The van der Waals surface area contributed by atoms with E-state index in [9.17, 15) is 5.11 Å². The molecule has 2 nitrogen and oxygen atoms in total. The van der Waals surface area contributed by atoms with Crippen LogP contribution in [0.15, 0.2) is 12.2 Å². The molecule has 1 aliphatic rings. The van der Waals surface area contributed by atoms with E-state index in [2.05, 4.69) is 32.7 Å². The van der Waals surface area contributed by atoms with Gasteiger partial charge in [0.15, 0.2) is 0 Å². The van der Waals surface area contributed by atoms with Crippen LogP contribution in [0.1, 0.15) is 53.4 Å². The molecule has 0 heterocycles. The van der Waals surface area contributed by atoms with Gasteiger partial charge in [0, 0.05) is 6.04 Å². The highest BCUT2D eigenvalue weighted by Crippen LogP contribution is 2.39. The van der Waals surface area contributed by atoms with Crippen LogP contribution in [0.5, 0.6) is 0 Å². The lowest BCUT2D eigenvalue weighted by atomic mass is 9.91. The third-order valence-corrected chi connectivity index (χ3v) is 4.07. The molecule has 2 heteroatoms. The Kier molecular flexibility index (Phi) is 5.68. The van der Waals surface area contributed by atoms with Crippen molar-refractivity contribution in [2.75, 3.05) is 0 Å². The molecule has 0 amide bonds. The zero-order chi connectivity index (χ0) is 13.0. The Morgan fingerprint density at radius 1 is 1.35 bits per heavy atom. The van der Waals surface area contributed by atoms with Gasteiger partial charge in [0.2, 0.25) is 0 Å². The van der Waals surface area contributed by atoms with Crippen molar-refractivity contribution in [1.82, 2.24) is 5.32 Å². The molecule has 0 spiro atoms. The molecule has 17 heavy (non-hydrogen) atoms. The third-order valence-electron chi connectivity index (χ3n) is 4.07. The molecule has 4 unspecified atom stereocenters. The van der Waals surface area contributed by atoms with E-state index in [1.807, 2.05) is 0 Å². The normalized spacial score (nSPS) is 26.9. The predicted octanol–water partition coefficient (Wildman–Crippen LogP) is 3.32. The second kappa shape index (κ2) is 6.55. The number of nitrogens with one attached hydrogen (secondary N) is 1. The largest absolute Gasteiger partial charge is 0.379 e. The number of aliphatic hydroxyl groups excluding tert-OH is 1. The van der Waals surface area contributed by atoms with Crippen LogP contribution in [0, 0.1) is 17.8 Å². The predicted molar refractivity (Wildman–Crippen MR) is 73.7 cm³/mol. The minimum Gasteiger partial charge on any atom is -0.379 e. The maximum atomic E-state index is 9.23. The zero-order valence-corrected chi connectivity index (χ0v) is 11.9. The van der Waals surface area contributed by atoms with Crippen LogP contribution in [-0.4, -0.2) is 17.4 Å². The van der Waals surface area contributed by atoms with Crippen LogP contribution >= 0.6 is 0 Å². The summed E-state index contributed by atoms with van der Waals surface area (Å²) < 4.78 is 0. The van der Waals surface area contributed by atoms with Crippen molar-refractivity contribution < 1.29 is 5.11 Å². The number of hydrogen-bond donors (Lipinski definition) is 2. The van der Waals surface area contributed by atoms with Crippen LogP contribution in [-0.2, 0) is 0 Å². The SMILES string of the molecule is C=C(CCCC(C)C(C)C)C1CC1NC(C)O. The molecule has 0 aromatic carbocycles. The fourth-order valence-corrected chi connectivity index (χ4v) is 2.31. The lowest BCUT2D eigenvalue weighted by Gasteiger charge is -2.15. The van der Waals surface area contributed by atoms with Crippen molar-refractivity contribution >= 4 is 0 Å². The summed E-state index contributed by atoms with van der Waals surface area (Å²) in [5.74, 6) is 2.21. The highest BCUT2D eigenvalue weighted by Gasteiger charge is 2.38. The summed E-state index contributed by atoms with van der Waals surface area (Å²) in [6.07, 6.45) is 4.48. The lowest BCUT2D eigenvalue weighted by Crippen LogP contribution is -2.28. The van der Waals surface area contributed by atoms with Gasteiger partial charge < -0.3 is 5.11 Å². The van der Waals surface area contributed by atoms with Gasteiger partial charge >= 0.3 is 0 Å². The summed E-state index contributed by atoms with van der Waals surface area (Å²) in [4.78, 5) is 0. The Labute approximate surface area is 106 Å².